The maximum Gasteiger partial charge on any atom is 0.120 e. The summed E-state index contributed by atoms with van der Waals surface area (Å²) in [6.45, 7) is 2.43. The van der Waals surface area contributed by atoms with Gasteiger partial charge < -0.3 is 15.6 Å². The Morgan fingerprint density at radius 3 is 2.92 bits per heavy atom. The van der Waals surface area contributed by atoms with Crippen molar-refractivity contribution in [3.8, 4) is 5.75 Å². The number of aliphatic hydroxyl groups excluding tert-OH is 1. The van der Waals surface area contributed by atoms with Crippen molar-refractivity contribution in [1.82, 2.24) is 0 Å². The lowest BCUT2D eigenvalue weighted by Crippen LogP contribution is -2.22. The highest BCUT2D eigenvalue weighted by molar-refractivity contribution is 5.28. The van der Waals surface area contributed by atoms with Crippen LogP contribution >= 0.6 is 0 Å². The van der Waals surface area contributed by atoms with E-state index in [0.717, 1.165) is 11.3 Å². The Kier molecular flexibility index (Phi) is 3.73. The van der Waals surface area contributed by atoms with Gasteiger partial charge in [0.1, 0.15) is 11.9 Å². The van der Waals surface area contributed by atoms with E-state index in [9.17, 15) is 0 Å². The number of ether oxygens (including phenoxy) is 1. The van der Waals surface area contributed by atoms with Gasteiger partial charge in [-0.1, -0.05) is 12.1 Å². The topological polar surface area (TPSA) is 55.5 Å². The van der Waals surface area contributed by atoms with Crippen LogP contribution in [0.5, 0.6) is 5.75 Å². The molecule has 0 bridgehead atoms. The number of aliphatic hydroxyl groups is 1. The molecule has 0 aliphatic carbocycles. The summed E-state index contributed by atoms with van der Waals surface area (Å²) in [5.41, 5.74) is 6.26. The van der Waals surface area contributed by atoms with Crippen LogP contribution in [0.3, 0.4) is 0 Å². The second kappa shape index (κ2) is 4.84. The highest BCUT2D eigenvalue weighted by Crippen LogP contribution is 2.14. The molecule has 0 saturated heterocycles. The minimum atomic E-state index is 0.00828. The van der Waals surface area contributed by atoms with Gasteiger partial charge in [-0.25, -0.2) is 0 Å². The Hall–Kier alpha value is -1.06. The SMILES string of the molecule is CC(CN)Oc1cccc(CO)c1. The number of hydrogen-bond acceptors (Lipinski definition) is 3. The third-order valence-corrected chi connectivity index (χ3v) is 1.75. The van der Waals surface area contributed by atoms with Gasteiger partial charge in [0.15, 0.2) is 0 Å². The number of rotatable bonds is 4. The fourth-order valence-corrected chi connectivity index (χ4v) is 0.998. The summed E-state index contributed by atoms with van der Waals surface area (Å²) >= 11 is 0. The molecule has 0 aliphatic rings. The smallest absolute Gasteiger partial charge is 0.120 e. The van der Waals surface area contributed by atoms with Crippen LogP contribution in [0.1, 0.15) is 12.5 Å². The number of hydrogen-bond donors (Lipinski definition) is 2. The molecule has 72 valence electrons. The Morgan fingerprint density at radius 2 is 2.31 bits per heavy atom. The molecule has 0 fully saturated rings. The molecule has 3 N–H and O–H groups in total. The molecule has 0 spiro atoms. The average molecular weight is 181 g/mol. The maximum atomic E-state index is 8.87. The van der Waals surface area contributed by atoms with E-state index in [4.69, 9.17) is 15.6 Å². The van der Waals surface area contributed by atoms with E-state index in [-0.39, 0.29) is 12.7 Å². The summed E-state index contributed by atoms with van der Waals surface area (Å²) in [4.78, 5) is 0. The largest absolute Gasteiger partial charge is 0.489 e. The summed E-state index contributed by atoms with van der Waals surface area (Å²) in [6.07, 6.45) is 0.00828. The zero-order valence-electron chi connectivity index (χ0n) is 7.73. The molecule has 3 nitrogen and oxygen atoms in total. The first kappa shape index (κ1) is 10.0. The third kappa shape index (κ3) is 3.05. The van der Waals surface area contributed by atoms with E-state index in [0.29, 0.717) is 6.54 Å². The summed E-state index contributed by atoms with van der Waals surface area (Å²) in [7, 11) is 0. The van der Waals surface area contributed by atoms with Gasteiger partial charge in [-0.05, 0) is 24.6 Å². The van der Waals surface area contributed by atoms with Crippen LogP contribution in [-0.2, 0) is 6.61 Å². The van der Waals surface area contributed by atoms with Crippen molar-refractivity contribution in [2.45, 2.75) is 19.6 Å². The highest BCUT2D eigenvalue weighted by atomic mass is 16.5. The summed E-state index contributed by atoms with van der Waals surface area (Å²) in [5, 5.41) is 8.87. The van der Waals surface area contributed by atoms with Gasteiger partial charge in [-0.3, -0.25) is 0 Å². The van der Waals surface area contributed by atoms with E-state index in [1.165, 1.54) is 0 Å². The predicted molar refractivity (Wildman–Crippen MR) is 51.5 cm³/mol. The van der Waals surface area contributed by atoms with E-state index in [1.807, 2.05) is 31.2 Å². The Labute approximate surface area is 78.1 Å². The molecule has 0 radical (unpaired) electrons. The molecular weight excluding hydrogens is 166 g/mol. The van der Waals surface area contributed by atoms with Crippen molar-refractivity contribution in [3.63, 3.8) is 0 Å². The van der Waals surface area contributed by atoms with E-state index in [1.54, 1.807) is 0 Å². The Bertz CT molecular complexity index is 263. The van der Waals surface area contributed by atoms with Crippen molar-refractivity contribution >= 4 is 0 Å². The second-order valence-electron chi connectivity index (χ2n) is 2.97. The maximum absolute atomic E-state index is 8.87. The zero-order valence-corrected chi connectivity index (χ0v) is 7.73. The van der Waals surface area contributed by atoms with Crippen molar-refractivity contribution in [2.75, 3.05) is 6.54 Å². The van der Waals surface area contributed by atoms with Crippen LogP contribution in [-0.4, -0.2) is 17.8 Å². The van der Waals surface area contributed by atoms with Crippen molar-refractivity contribution in [1.29, 1.82) is 0 Å². The van der Waals surface area contributed by atoms with Crippen molar-refractivity contribution < 1.29 is 9.84 Å². The molecule has 0 aliphatic heterocycles. The Morgan fingerprint density at radius 1 is 1.54 bits per heavy atom. The first-order valence-electron chi connectivity index (χ1n) is 4.32. The van der Waals surface area contributed by atoms with Gasteiger partial charge in [0.2, 0.25) is 0 Å². The van der Waals surface area contributed by atoms with Crippen LogP contribution in [0.2, 0.25) is 0 Å². The first-order valence-corrected chi connectivity index (χ1v) is 4.32. The minimum absolute atomic E-state index is 0.00828. The quantitative estimate of drug-likeness (QED) is 0.725. The lowest BCUT2D eigenvalue weighted by atomic mass is 10.2. The van der Waals surface area contributed by atoms with Gasteiger partial charge in [-0.2, -0.15) is 0 Å². The molecule has 0 aromatic heterocycles. The molecule has 1 atom stereocenters. The minimum Gasteiger partial charge on any atom is -0.489 e. The molecule has 13 heavy (non-hydrogen) atoms. The average Bonchev–Trinajstić information content (AvgIpc) is 2.18. The van der Waals surface area contributed by atoms with Gasteiger partial charge in [0.05, 0.1) is 6.61 Å². The van der Waals surface area contributed by atoms with Gasteiger partial charge >= 0.3 is 0 Å². The molecular formula is C10H15NO2. The Balaban J connectivity index is 2.66. The summed E-state index contributed by atoms with van der Waals surface area (Å²) < 4.78 is 5.47. The van der Waals surface area contributed by atoms with Gasteiger partial charge in [-0.15, -0.1) is 0 Å². The van der Waals surface area contributed by atoms with Crippen LogP contribution < -0.4 is 10.5 Å². The third-order valence-electron chi connectivity index (χ3n) is 1.75. The van der Waals surface area contributed by atoms with Crippen LogP contribution in [0.4, 0.5) is 0 Å². The lowest BCUT2D eigenvalue weighted by molar-refractivity contribution is 0.228. The molecule has 1 aromatic carbocycles. The molecule has 1 unspecified atom stereocenters. The molecule has 0 amide bonds. The van der Waals surface area contributed by atoms with E-state index >= 15 is 0 Å². The molecule has 1 rings (SSSR count). The van der Waals surface area contributed by atoms with Crippen LogP contribution in [0, 0.1) is 0 Å². The van der Waals surface area contributed by atoms with Crippen molar-refractivity contribution in [2.24, 2.45) is 5.73 Å². The molecule has 0 heterocycles. The number of benzene rings is 1. The van der Waals surface area contributed by atoms with Crippen molar-refractivity contribution in [3.05, 3.63) is 29.8 Å². The summed E-state index contributed by atoms with van der Waals surface area (Å²) in [5.74, 6) is 0.754. The van der Waals surface area contributed by atoms with E-state index in [2.05, 4.69) is 0 Å². The highest BCUT2D eigenvalue weighted by Gasteiger charge is 2.01. The van der Waals surface area contributed by atoms with Gasteiger partial charge in [0.25, 0.3) is 0 Å². The van der Waals surface area contributed by atoms with Gasteiger partial charge in [0, 0.05) is 6.54 Å². The number of nitrogens with two attached hydrogens (primary N) is 1. The first-order chi connectivity index (χ1) is 6.26. The lowest BCUT2D eigenvalue weighted by Gasteiger charge is -2.12. The predicted octanol–water partition coefficient (Wildman–Crippen LogP) is 0.905. The molecule has 3 heteroatoms. The summed E-state index contributed by atoms with van der Waals surface area (Å²) in [6, 6.07) is 7.36. The standard InChI is InChI=1S/C10H15NO2/c1-8(6-11)13-10-4-2-3-9(5-10)7-12/h2-5,8,12H,6-7,11H2,1H3. The molecule has 1 aromatic rings. The molecule has 0 saturated carbocycles. The monoisotopic (exact) mass is 181 g/mol. The fraction of sp³-hybridized carbons (Fsp3) is 0.400. The van der Waals surface area contributed by atoms with Crippen LogP contribution in [0.15, 0.2) is 24.3 Å². The fourth-order valence-electron chi connectivity index (χ4n) is 0.998. The van der Waals surface area contributed by atoms with E-state index < -0.39 is 0 Å². The second-order valence-corrected chi connectivity index (χ2v) is 2.97. The normalized spacial score (nSPS) is 12.5. The van der Waals surface area contributed by atoms with Crippen LogP contribution in [0.25, 0.3) is 0 Å². The zero-order chi connectivity index (χ0) is 9.68.